The van der Waals surface area contributed by atoms with Gasteiger partial charge in [0, 0.05) is 39.1 Å². The first kappa shape index (κ1) is 10.1. The highest BCUT2D eigenvalue weighted by molar-refractivity contribution is 5.31. The highest BCUT2D eigenvalue weighted by atomic mass is 16.5. The lowest BCUT2D eigenvalue weighted by molar-refractivity contribution is 0.147. The monoisotopic (exact) mass is 183 g/mol. The largest absolute Gasteiger partial charge is 0.382 e. The van der Waals surface area contributed by atoms with Crippen LogP contribution < -0.4 is 5.32 Å². The lowest BCUT2D eigenvalue weighted by Crippen LogP contribution is -2.06. The Balaban J connectivity index is 2.06. The summed E-state index contributed by atoms with van der Waals surface area (Å²) in [5, 5.41) is 7.41. The molecular formula is C9H17N3O. The summed E-state index contributed by atoms with van der Waals surface area (Å²) in [4.78, 5) is 0. The average Bonchev–Trinajstić information content (AvgIpc) is 2.51. The van der Waals surface area contributed by atoms with Crippen LogP contribution in [-0.4, -0.2) is 29.5 Å². The molecule has 0 unspecified atom stereocenters. The zero-order valence-electron chi connectivity index (χ0n) is 8.29. The van der Waals surface area contributed by atoms with Crippen LogP contribution in [0.3, 0.4) is 0 Å². The zero-order chi connectivity index (χ0) is 9.52. The van der Waals surface area contributed by atoms with E-state index in [2.05, 4.69) is 10.4 Å². The number of aryl methyl sites for hydroxylation is 1. The van der Waals surface area contributed by atoms with Crippen LogP contribution in [0, 0.1) is 0 Å². The third-order valence-electron chi connectivity index (χ3n) is 1.69. The van der Waals surface area contributed by atoms with Crippen LogP contribution in [0.1, 0.15) is 13.3 Å². The minimum absolute atomic E-state index is 0.795. The first-order valence-electron chi connectivity index (χ1n) is 4.64. The Morgan fingerprint density at radius 3 is 3.08 bits per heavy atom. The Labute approximate surface area is 78.9 Å². The van der Waals surface area contributed by atoms with Gasteiger partial charge in [0.25, 0.3) is 0 Å². The van der Waals surface area contributed by atoms with Crippen molar-refractivity contribution < 1.29 is 4.74 Å². The third-order valence-corrected chi connectivity index (χ3v) is 1.69. The summed E-state index contributed by atoms with van der Waals surface area (Å²) >= 11 is 0. The quantitative estimate of drug-likeness (QED) is 0.675. The Kier molecular flexibility index (Phi) is 4.32. The van der Waals surface area contributed by atoms with Gasteiger partial charge in [0.2, 0.25) is 0 Å². The van der Waals surface area contributed by atoms with Gasteiger partial charge in [-0.2, -0.15) is 5.10 Å². The molecule has 4 nitrogen and oxygen atoms in total. The molecule has 0 amide bonds. The molecule has 1 aromatic rings. The van der Waals surface area contributed by atoms with Crippen molar-refractivity contribution in [2.24, 2.45) is 7.05 Å². The van der Waals surface area contributed by atoms with Crippen LogP contribution in [0.15, 0.2) is 12.3 Å². The molecule has 0 saturated carbocycles. The van der Waals surface area contributed by atoms with Crippen molar-refractivity contribution in [1.29, 1.82) is 0 Å². The van der Waals surface area contributed by atoms with Crippen molar-refractivity contribution in [3.63, 3.8) is 0 Å². The van der Waals surface area contributed by atoms with Crippen LogP contribution in [0.25, 0.3) is 0 Å². The second-order valence-electron chi connectivity index (χ2n) is 2.85. The second-order valence-corrected chi connectivity index (χ2v) is 2.85. The summed E-state index contributed by atoms with van der Waals surface area (Å²) in [7, 11) is 1.91. The topological polar surface area (TPSA) is 39.1 Å². The fraction of sp³-hybridized carbons (Fsp3) is 0.667. The molecule has 0 aliphatic rings. The number of rotatable bonds is 6. The number of hydrogen-bond acceptors (Lipinski definition) is 3. The molecule has 0 aliphatic heterocycles. The van der Waals surface area contributed by atoms with E-state index in [1.807, 2.05) is 26.2 Å². The summed E-state index contributed by atoms with van der Waals surface area (Å²) in [6.07, 6.45) is 2.94. The number of hydrogen-bond donors (Lipinski definition) is 1. The van der Waals surface area contributed by atoms with E-state index < -0.39 is 0 Å². The van der Waals surface area contributed by atoms with Crippen molar-refractivity contribution in [3.05, 3.63) is 12.3 Å². The van der Waals surface area contributed by atoms with Gasteiger partial charge in [0.15, 0.2) is 0 Å². The Morgan fingerprint density at radius 1 is 1.62 bits per heavy atom. The highest BCUT2D eigenvalue weighted by Gasteiger charge is 1.93. The molecule has 0 atom stereocenters. The van der Waals surface area contributed by atoms with Crippen LogP contribution in [0.4, 0.5) is 5.82 Å². The normalized spacial score (nSPS) is 10.3. The smallest absolute Gasteiger partial charge is 0.147 e. The standard InChI is InChI=1S/C9H17N3O/c1-3-13-8-4-6-10-9-5-7-12(2)11-9/h5,7H,3-4,6,8H2,1-2H3,(H,10,11). The molecule has 0 fully saturated rings. The van der Waals surface area contributed by atoms with Crippen LogP contribution in [0.2, 0.25) is 0 Å². The lowest BCUT2D eigenvalue weighted by Gasteiger charge is -2.02. The van der Waals surface area contributed by atoms with Crippen molar-refractivity contribution in [3.8, 4) is 0 Å². The molecule has 0 saturated heterocycles. The van der Waals surface area contributed by atoms with Crippen molar-refractivity contribution in [2.45, 2.75) is 13.3 Å². The van der Waals surface area contributed by atoms with E-state index in [4.69, 9.17) is 4.74 Å². The molecule has 0 spiro atoms. The minimum Gasteiger partial charge on any atom is -0.382 e. The number of ether oxygens (including phenoxy) is 1. The summed E-state index contributed by atoms with van der Waals surface area (Å²) < 4.78 is 6.99. The van der Waals surface area contributed by atoms with Crippen molar-refractivity contribution in [2.75, 3.05) is 25.1 Å². The summed E-state index contributed by atoms with van der Waals surface area (Å²) in [5.41, 5.74) is 0. The van der Waals surface area contributed by atoms with E-state index in [0.29, 0.717) is 0 Å². The predicted molar refractivity (Wildman–Crippen MR) is 52.8 cm³/mol. The molecule has 1 heterocycles. The molecule has 0 aromatic carbocycles. The van der Waals surface area contributed by atoms with E-state index in [0.717, 1.165) is 32.0 Å². The van der Waals surface area contributed by atoms with E-state index in [9.17, 15) is 0 Å². The van der Waals surface area contributed by atoms with Crippen LogP contribution >= 0.6 is 0 Å². The Morgan fingerprint density at radius 2 is 2.46 bits per heavy atom. The first-order chi connectivity index (χ1) is 6.33. The Bertz CT molecular complexity index is 235. The van der Waals surface area contributed by atoms with Gasteiger partial charge in [-0.25, -0.2) is 0 Å². The maximum Gasteiger partial charge on any atom is 0.147 e. The van der Waals surface area contributed by atoms with Crippen LogP contribution in [0.5, 0.6) is 0 Å². The third kappa shape index (κ3) is 3.94. The molecule has 74 valence electrons. The number of nitrogens with zero attached hydrogens (tertiary/aromatic N) is 2. The van der Waals surface area contributed by atoms with Crippen molar-refractivity contribution >= 4 is 5.82 Å². The second kappa shape index (κ2) is 5.59. The average molecular weight is 183 g/mol. The van der Waals surface area contributed by atoms with Crippen LogP contribution in [-0.2, 0) is 11.8 Å². The summed E-state index contributed by atoms with van der Waals surface area (Å²) in [6.45, 7) is 4.53. The zero-order valence-corrected chi connectivity index (χ0v) is 8.29. The van der Waals surface area contributed by atoms with Gasteiger partial charge in [-0.05, 0) is 13.3 Å². The van der Waals surface area contributed by atoms with Gasteiger partial charge >= 0.3 is 0 Å². The molecule has 0 aliphatic carbocycles. The van der Waals surface area contributed by atoms with Gasteiger partial charge in [-0.1, -0.05) is 0 Å². The van der Waals surface area contributed by atoms with Gasteiger partial charge in [-0.3, -0.25) is 4.68 Å². The van der Waals surface area contributed by atoms with Gasteiger partial charge in [0.1, 0.15) is 5.82 Å². The van der Waals surface area contributed by atoms with Gasteiger partial charge in [-0.15, -0.1) is 0 Å². The lowest BCUT2D eigenvalue weighted by atomic mass is 10.4. The van der Waals surface area contributed by atoms with Gasteiger partial charge < -0.3 is 10.1 Å². The SMILES string of the molecule is CCOCCCNc1ccn(C)n1. The highest BCUT2D eigenvalue weighted by Crippen LogP contribution is 2.00. The number of aromatic nitrogens is 2. The molecule has 1 N–H and O–H groups in total. The fourth-order valence-corrected chi connectivity index (χ4v) is 1.04. The number of anilines is 1. The molecule has 1 rings (SSSR count). The van der Waals surface area contributed by atoms with E-state index in [1.54, 1.807) is 4.68 Å². The molecular weight excluding hydrogens is 166 g/mol. The first-order valence-corrected chi connectivity index (χ1v) is 4.64. The van der Waals surface area contributed by atoms with E-state index in [1.165, 1.54) is 0 Å². The molecule has 13 heavy (non-hydrogen) atoms. The minimum atomic E-state index is 0.795. The number of nitrogens with one attached hydrogen (secondary N) is 1. The fourth-order valence-electron chi connectivity index (χ4n) is 1.04. The van der Waals surface area contributed by atoms with Gasteiger partial charge in [0.05, 0.1) is 0 Å². The Hall–Kier alpha value is -1.03. The predicted octanol–water partition coefficient (Wildman–Crippen LogP) is 1.26. The molecule has 4 heteroatoms. The van der Waals surface area contributed by atoms with Crippen molar-refractivity contribution in [1.82, 2.24) is 9.78 Å². The van der Waals surface area contributed by atoms with E-state index in [-0.39, 0.29) is 0 Å². The van der Waals surface area contributed by atoms with E-state index >= 15 is 0 Å². The maximum absolute atomic E-state index is 5.21. The maximum atomic E-state index is 5.21. The molecule has 0 radical (unpaired) electrons. The summed E-state index contributed by atoms with van der Waals surface area (Å²) in [5.74, 6) is 0.930. The molecule has 0 bridgehead atoms. The summed E-state index contributed by atoms with van der Waals surface area (Å²) in [6, 6.07) is 1.96. The molecule has 1 aromatic heterocycles.